The highest BCUT2D eigenvalue weighted by molar-refractivity contribution is 7.11. The highest BCUT2D eigenvalue weighted by Gasteiger charge is 2.27. The van der Waals surface area contributed by atoms with Crippen LogP contribution in [0.15, 0.2) is 18.2 Å². The van der Waals surface area contributed by atoms with Gasteiger partial charge in [-0.25, -0.2) is 4.98 Å². The van der Waals surface area contributed by atoms with Crippen molar-refractivity contribution in [3.8, 4) is 17.0 Å². The number of rotatable bonds is 3. The fraction of sp³-hybridized carbons (Fsp3) is 0.267. The third-order valence-electron chi connectivity index (χ3n) is 3.39. The number of hydrogen-bond acceptors (Lipinski definition) is 5. The van der Waals surface area contributed by atoms with Gasteiger partial charge in [0.1, 0.15) is 12.3 Å². The summed E-state index contributed by atoms with van der Waals surface area (Å²) >= 11 is 1.62. The molecule has 114 valence electrons. The van der Waals surface area contributed by atoms with Crippen LogP contribution in [0.4, 0.5) is 5.69 Å². The van der Waals surface area contributed by atoms with Crippen molar-refractivity contribution in [1.29, 1.82) is 0 Å². The van der Waals surface area contributed by atoms with E-state index in [1.807, 2.05) is 26.0 Å². The summed E-state index contributed by atoms with van der Waals surface area (Å²) in [6.45, 7) is 3.70. The number of primary amides is 1. The molecule has 0 bridgehead atoms. The Bertz CT molecular complexity index is 769. The van der Waals surface area contributed by atoms with Crippen LogP contribution in [0.2, 0.25) is 0 Å². The van der Waals surface area contributed by atoms with Crippen LogP contribution in [-0.2, 0) is 9.59 Å². The maximum Gasteiger partial charge on any atom is 0.265 e. The number of hydrogen-bond donors (Lipinski definition) is 1. The van der Waals surface area contributed by atoms with Crippen molar-refractivity contribution in [3.63, 3.8) is 0 Å². The molecule has 0 saturated heterocycles. The van der Waals surface area contributed by atoms with E-state index >= 15 is 0 Å². The molecule has 3 rings (SSSR count). The van der Waals surface area contributed by atoms with Crippen LogP contribution in [0.3, 0.4) is 0 Å². The molecule has 1 aromatic carbocycles. The average molecular weight is 317 g/mol. The number of anilines is 1. The van der Waals surface area contributed by atoms with Crippen molar-refractivity contribution in [1.82, 2.24) is 4.98 Å². The van der Waals surface area contributed by atoms with Crippen molar-refractivity contribution in [3.05, 3.63) is 28.1 Å². The molecule has 2 N–H and O–H groups in total. The van der Waals surface area contributed by atoms with Crippen LogP contribution in [0.25, 0.3) is 11.3 Å². The molecule has 1 aromatic heterocycles. The SMILES string of the molecule is Cc1nc(-c2ccc3c(c2)N(CC(N)=O)C(=O)CO3)c(C)s1. The van der Waals surface area contributed by atoms with Gasteiger partial charge in [-0.2, -0.15) is 0 Å². The van der Waals surface area contributed by atoms with Crippen LogP contribution in [0.1, 0.15) is 9.88 Å². The van der Waals surface area contributed by atoms with Crippen molar-refractivity contribution >= 4 is 28.8 Å². The van der Waals surface area contributed by atoms with Gasteiger partial charge in [-0.3, -0.25) is 14.5 Å². The molecule has 0 spiro atoms. The Balaban J connectivity index is 2.07. The monoisotopic (exact) mass is 317 g/mol. The van der Waals surface area contributed by atoms with Gasteiger partial charge in [0.2, 0.25) is 5.91 Å². The molecular formula is C15H15N3O3S. The van der Waals surface area contributed by atoms with E-state index in [9.17, 15) is 9.59 Å². The zero-order valence-electron chi connectivity index (χ0n) is 12.3. The number of aryl methyl sites for hydroxylation is 2. The molecule has 7 heteroatoms. The van der Waals surface area contributed by atoms with Crippen LogP contribution < -0.4 is 15.4 Å². The Morgan fingerprint density at radius 2 is 2.23 bits per heavy atom. The molecule has 1 aliphatic heterocycles. The van der Waals surface area contributed by atoms with Gasteiger partial charge < -0.3 is 10.5 Å². The Kier molecular flexibility index (Phi) is 3.58. The summed E-state index contributed by atoms with van der Waals surface area (Å²) in [5.41, 5.74) is 7.55. The number of carbonyl (C=O) groups is 2. The van der Waals surface area contributed by atoms with E-state index in [1.54, 1.807) is 17.4 Å². The Morgan fingerprint density at radius 3 is 2.86 bits per heavy atom. The molecule has 0 unspecified atom stereocenters. The molecule has 0 fully saturated rings. The van der Waals surface area contributed by atoms with Crippen molar-refractivity contribution in [2.24, 2.45) is 5.73 Å². The lowest BCUT2D eigenvalue weighted by atomic mass is 10.1. The summed E-state index contributed by atoms with van der Waals surface area (Å²) in [6, 6.07) is 5.51. The number of aromatic nitrogens is 1. The minimum atomic E-state index is -0.563. The Labute approximate surface area is 131 Å². The fourth-order valence-corrected chi connectivity index (χ4v) is 3.32. The van der Waals surface area contributed by atoms with E-state index in [1.165, 1.54) is 4.90 Å². The molecule has 2 amide bonds. The number of amides is 2. The van der Waals surface area contributed by atoms with E-state index in [-0.39, 0.29) is 19.1 Å². The number of fused-ring (bicyclic) bond motifs is 1. The minimum Gasteiger partial charge on any atom is -0.482 e. The number of thiazole rings is 1. The van der Waals surface area contributed by atoms with Gasteiger partial charge in [0.05, 0.1) is 16.4 Å². The van der Waals surface area contributed by atoms with Gasteiger partial charge >= 0.3 is 0 Å². The first kappa shape index (κ1) is 14.5. The van der Waals surface area contributed by atoms with Gasteiger partial charge in [-0.1, -0.05) is 0 Å². The number of ether oxygens (including phenoxy) is 1. The molecule has 0 radical (unpaired) electrons. The molecule has 6 nitrogen and oxygen atoms in total. The average Bonchev–Trinajstić information content (AvgIpc) is 2.80. The second-order valence-electron chi connectivity index (χ2n) is 5.06. The highest BCUT2D eigenvalue weighted by Crippen LogP contribution is 2.37. The lowest BCUT2D eigenvalue weighted by Gasteiger charge is -2.28. The maximum atomic E-state index is 12.0. The van der Waals surface area contributed by atoms with Crippen molar-refractivity contribution < 1.29 is 14.3 Å². The summed E-state index contributed by atoms with van der Waals surface area (Å²) in [4.78, 5) is 30.2. The largest absolute Gasteiger partial charge is 0.482 e. The third kappa shape index (κ3) is 2.55. The van der Waals surface area contributed by atoms with Crippen molar-refractivity contribution in [2.45, 2.75) is 13.8 Å². The van der Waals surface area contributed by atoms with E-state index in [0.29, 0.717) is 11.4 Å². The first-order chi connectivity index (χ1) is 10.5. The molecule has 0 aliphatic carbocycles. The molecular weight excluding hydrogens is 302 g/mol. The van der Waals surface area contributed by atoms with E-state index in [2.05, 4.69) is 4.98 Å². The van der Waals surface area contributed by atoms with Gasteiger partial charge in [0, 0.05) is 10.4 Å². The lowest BCUT2D eigenvalue weighted by Crippen LogP contribution is -2.43. The van der Waals surface area contributed by atoms with Crippen molar-refractivity contribution in [2.75, 3.05) is 18.1 Å². The van der Waals surface area contributed by atoms with Gasteiger partial charge in [-0.15, -0.1) is 11.3 Å². The summed E-state index contributed by atoms with van der Waals surface area (Å²) < 4.78 is 5.41. The molecule has 0 saturated carbocycles. The maximum absolute atomic E-state index is 12.0. The molecule has 1 aliphatic rings. The summed E-state index contributed by atoms with van der Waals surface area (Å²) in [7, 11) is 0. The first-order valence-electron chi connectivity index (χ1n) is 6.75. The molecule has 0 atom stereocenters. The second-order valence-corrected chi connectivity index (χ2v) is 6.46. The minimum absolute atomic E-state index is 0.0888. The molecule has 22 heavy (non-hydrogen) atoms. The Morgan fingerprint density at radius 1 is 1.45 bits per heavy atom. The highest BCUT2D eigenvalue weighted by atomic mass is 32.1. The number of nitrogens with zero attached hydrogens (tertiary/aromatic N) is 2. The number of benzene rings is 1. The smallest absolute Gasteiger partial charge is 0.265 e. The second kappa shape index (κ2) is 5.42. The summed E-state index contributed by atoms with van der Waals surface area (Å²) in [6.07, 6.45) is 0. The molecule has 2 heterocycles. The quantitative estimate of drug-likeness (QED) is 0.932. The Hall–Kier alpha value is -2.41. The fourth-order valence-electron chi connectivity index (χ4n) is 2.48. The van der Waals surface area contributed by atoms with Gasteiger partial charge in [0.25, 0.3) is 5.91 Å². The van der Waals surface area contributed by atoms with Crippen LogP contribution in [0, 0.1) is 13.8 Å². The van der Waals surface area contributed by atoms with Crippen LogP contribution >= 0.6 is 11.3 Å². The van der Waals surface area contributed by atoms with E-state index in [0.717, 1.165) is 21.1 Å². The summed E-state index contributed by atoms with van der Waals surface area (Å²) in [5, 5.41) is 0.978. The molecule has 2 aromatic rings. The van der Waals surface area contributed by atoms with Crippen LogP contribution in [-0.4, -0.2) is 29.9 Å². The zero-order valence-corrected chi connectivity index (χ0v) is 13.1. The van der Waals surface area contributed by atoms with Crippen LogP contribution in [0.5, 0.6) is 5.75 Å². The zero-order chi connectivity index (χ0) is 15.9. The van der Waals surface area contributed by atoms with E-state index in [4.69, 9.17) is 10.5 Å². The van der Waals surface area contributed by atoms with Gasteiger partial charge in [-0.05, 0) is 32.0 Å². The van der Waals surface area contributed by atoms with E-state index < -0.39 is 5.91 Å². The predicted molar refractivity (Wildman–Crippen MR) is 84.1 cm³/mol. The lowest BCUT2D eigenvalue weighted by molar-refractivity contribution is -0.124. The predicted octanol–water partition coefficient (Wildman–Crippen LogP) is 1.64. The van der Waals surface area contributed by atoms with Gasteiger partial charge in [0.15, 0.2) is 6.61 Å². The summed E-state index contributed by atoms with van der Waals surface area (Å²) in [5.74, 6) is -0.281. The topological polar surface area (TPSA) is 85.5 Å². The number of nitrogens with two attached hydrogens (primary N) is 1. The first-order valence-corrected chi connectivity index (χ1v) is 7.57. The normalized spacial score (nSPS) is 13.7. The number of carbonyl (C=O) groups excluding carboxylic acids is 2. The standard InChI is InChI=1S/C15H15N3O3S/c1-8-15(17-9(2)22-8)10-3-4-12-11(5-10)18(6-13(16)19)14(20)7-21-12/h3-5H,6-7H2,1-2H3,(H2,16,19). The third-order valence-corrected chi connectivity index (χ3v) is 4.28.